The number of nitrogens with zero attached hydrogens (tertiary/aromatic N) is 2. The predicted octanol–water partition coefficient (Wildman–Crippen LogP) is 6.00. The third-order valence-corrected chi connectivity index (χ3v) is 6.11. The Morgan fingerprint density at radius 2 is 1.52 bits per heavy atom. The van der Waals surface area contributed by atoms with Crippen LogP contribution in [0, 0.1) is 17.0 Å². The lowest BCUT2D eigenvalue weighted by atomic mass is 10.2. The molecule has 0 spiro atoms. The first kappa shape index (κ1) is 33.0. The van der Waals surface area contributed by atoms with Gasteiger partial charge >= 0.3 is 5.97 Å². The fourth-order valence-electron chi connectivity index (χ4n) is 3.91. The van der Waals surface area contributed by atoms with E-state index < -0.39 is 47.0 Å². The van der Waals surface area contributed by atoms with Crippen LogP contribution in [-0.4, -0.2) is 60.0 Å². The molecule has 0 unspecified atom stereocenters. The highest BCUT2D eigenvalue weighted by Gasteiger charge is 2.28. The van der Waals surface area contributed by atoms with Gasteiger partial charge in [0, 0.05) is 25.2 Å². The van der Waals surface area contributed by atoms with E-state index >= 15 is 8.78 Å². The molecule has 14 heteroatoms. The van der Waals surface area contributed by atoms with E-state index in [4.69, 9.17) is 34.8 Å². The zero-order chi connectivity index (χ0) is 33.7. The van der Waals surface area contributed by atoms with Gasteiger partial charge in [-0.25, -0.2) is 4.79 Å². The molecule has 4 rings (SSSR count). The zero-order valence-corrected chi connectivity index (χ0v) is 25.4. The normalized spacial score (nSPS) is 10.7. The first-order chi connectivity index (χ1) is 21.8. The summed E-state index contributed by atoms with van der Waals surface area (Å²) in [5, 5.41) is 18.0. The number of amides is 1. The van der Waals surface area contributed by atoms with Gasteiger partial charge in [-0.3, -0.25) is 10.2 Å². The molecule has 240 valence electrons. The number of nitrogens with one attached hydrogen (secondary N) is 1. The van der Waals surface area contributed by atoms with Gasteiger partial charge in [-0.2, -0.15) is 13.8 Å². The number of ether oxygens (including phenoxy) is 5. The summed E-state index contributed by atoms with van der Waals surface area (Å²) in [6.07, 6.45) is -0.399. The average molecular weight is 637 g/mol. The molecule has 0 aliphatic heterocycles. The Morgan fingerprint density at radius 1 is 0.870 bits per heavy atom. The van der Waals surface area contributed by atoms with E-state index in [9.17, 15) is 14.7 Å². The highest BCUT2D eigenvalue weighted by molar-refractivity contribution is 5.95. The summed E-state index contributed by atoms with van der Waals surface area (Å²) in [6.45, 7) is 3.35. The number of benzene rings is 3. The number of amidine groups is 1. The van der Waals surface area contributed by atoms with Crippen LogP contribution in [-0.2, 0) is 4.74 Å². The number of aromatic hydroxyl groups is 1. The molecular weight excluding hydrogens is 606 g/mol. The predicted molar refractivity (Wildman–Crippen MR) is 162 cm³/mol. The average Bonchev–Trinajstić information content (AvgIpc) is 3.01. The van der Waals surface area contributed by atoms with Crippen molar-refractivity contribution in [3.8, 4) is 46.3 Å². The van der Waals surface area contributed by atoms with Gasteiger partial charge in [-0.1, -0.05) is 6.07 Å². The lowest BCUT2D eigenvalue weighted by molar-refractivity contribution is 0.0377. The van der Waals surface area contributed by atoms with Crippen LogP contribution in [0.1, 0.15) is 40.1 Å². The van der Waals surface area contributed by atoms with Gasteiger partial charge in [0.2, 0.25) is 17.4 Å². The quantitative estimate of drug-likeness (QED) is 0.101. The highest BCUT2D eigenvalue weighted by Crippen LogP contribution is 2.43. The molecule has 3 aromatic carbocycles. The lowest BCUT2D eigenvalue weighted by Crippen LogP contribution is -2.21. The van der Waals surface area contributed by atoms with Crippen LogP contribution in [0.25, 0.3) is 0 Å². The molecule has 1 aromatic heterocycles. The van der Waals surface area contributed by atoms with Crippen LogP contribution in [0.3, 0.4) is 0 Å². The van der Waals surface area contributed by atoms with Crippen LogP contribution in [0.2, 0.25) is 0 Å². The largest absolute Gasteiger partial charge is 0.504 e. The molecule has 0 saturated carbocycles. The van der Waals surface area contributed by atoms with Crippen LogP contribution in [0.15, 0.2) is 60.7 Å². The summed E-state index contributed by atoms with van der Waals surface area (Å²) in [5.41, 5.74) is 5.96. The lowest BCUT2D eigenvalue weighted by Gasteiger charge is -2.17. The minimum absolute atomic E-state index is 0.0327. The second-order valence-electron chi connectivity index (χ2n) is 10.1. The molecule has 0 bridgehead atoms. The second kappa shape index (κ2) is 13.8. The van der Waals surface area contributed by atoms with Crippen molar-refractivity contribution in [3.05, 3.63) is 89.0 Å². The number of rotatable bonds is 11. The van der Waals surface area contributed by atoms with Crippen molar-refractivity contribution in [1.82, 2.24) is 9.88 Å². The van der Waals surface area contributed by atoms with E-state index in [1.54, 1.807) is 27.9 Å². The number of halogens is 2. The summed E-state index contributed by atoms with van der Waals surface area (Å²) in [5.74, 6) is -8.13. The van der Waals surface area contributed by atoms with E-state index in [0.717, 1.165) is 12.1 Å². The molecule has 0 fully saturated rings. The first-order valence-electron chi connectivity index (χ1n) is 13.6. The molecule has 0 aliphatic carbocycles. The van der Waals surface area contributed by atoms with Crippen molar-refractivity contribution in [1.29, 1.82) is 5.41 Å². The van der Waals surface area contributed by atoms with Gasteiger partial charge in [-0.05, 0) is 68.4 Å². The molecule has 1 heterocycles. The molecule has 0 aliphatic rings. The molecule has 0 saturated heterocycles. The minimum atomic E-state index is -1.45. The summed E-state index contributed by atoms with van der Waals surface area (Å²) in [6, 6.07) is 13.2. The number of carbonyl (C=O) groups excluding carboxylic acids is 2. The third-order valence-electron chi connectivity index (χ3n) is 6.11. The summed E-state index contributed by atoms with van der Waals surface area (Å²) < 4.78 is 59.1. The van der Waals surface area contributed by atoms with Gasteiger partial charge in [0.05, 0.1) is 18.8 Å². The molecule has 0 atom stereocenters. The van der Waals surface area contributed by atoms with E-state index in [1.165, 1.54) is 60.5 Å². The van der Waals surface area contributed by atoms with Crippen molar-refractivity contribution in [2.45, 2.75) is 20.0 Å². The smallest absolute Gasteiger partial charge is 0.338 e. The van der Waals surface area contributed by atoms with Crippen molar-refractivity contribution in [3.63, 3.8) is 0 Å². The van der Waals surface area contributed by atoms with Crippen molar-refractivity contribution in [2.24, 2.45) is 5.73 Å². The SMILES string of the molecule is COc1cc(C(=O)OC(C)C)ccc1Oc1c(F)c(Oc2cccc(C(=O)N(C)C)c2)nc(Oc2cc(C(=N)N)ccc2O)c1F. The Morgan fingerprint density at radius 3 is 2.15 bits per heavy atom. The summed E-state index contributed by atoms with van der Waals surface area (Å²) >= 11 is 0. The fourth-order valence-corrected chi connectivity index (χ4v) is 3.91. The second-order valence-corrected chi connectivity index (χ2v) is 10.1. The summed E-state index contributed by atoms with van der Waals surface area (Å²) in [4.78, 5) is 30.0. The Kier molecular flexibility index (Phi) is 9.90. The number of phenols is 1. The Bertz CT molecular complexity index is 1810. The van der Waals surface area contributed by atoms with E-state index in [0.29, 0.717) is 0 Å². The van der Waals surface area contributed by atoms with Crippen molar-refractivity contribution >= 4 is 17.7 Å². The van der Waals surface area contributed by atoms with Gasteiger partial charge in [-0.15, -0.1) is 0 Å². The first-order valence-corrected chi connectivity index (χ1v) is 13.6. The number of aromatic nitrogens is 1. The zero-order valence-electron chi connectivity index (χ0n) is 25.4. The Hall–Kier alpha value is -5.92. The standard InChI is InChI=1S/C32H30F2N4O8/c1-16(2)43-32(41)19-10-12-22(24(15-19)42-5)45-27-25(33)29(44-20-8-6-7-18(13-20)31(40)38(3)4)37-30(26(27)34)46-23-14-17(28(35)36)9-11-21(23)39/h6-16,39H,1-5H3,(H3,35,36). The molecular formula is C32H30F2N4O8. The topological polar surface area (TPSA) is 167 Å². The third kappa shape index (κ3) is 7.41. The minimum Gasteiger partial charge on any atom is -0.504 e. The van der Waals surface area contributed by atoms with E-state index in [-0.39, 0.29) is 51.4 Å². The molecule has 12 nitrogen and oxygen atoms in total. The highest BCUT2D eigenvalue weighted by atomic mass is 19.1. The van der Waals surface area contributed by atoms with Gasteiger partial charge in [0.25, 0.3) is 17.7 Å². The summed E-state index contributed by atoms with van der Waals surface area (Å²) in [7, 11) is 4.36. The van der Waals surface area contributed by atoms with Crippen LogP contribution in [0.4, 0.5) is 8.78 Å². The van der Waals surface area contributed by atoms with Crippen LogP contribution < -0.4 is 24.7 Å². The fraction of sp³-hybridized carbons (Fsp3) is 0.188. The molecule has 46 heavy (non-hydrogen) atoms. The van der Waals surface area contributed by atoms with Crippen LogP contribution in [0.5, 0.6) is 46.3 Å². The number of hydrogen-bond acceptors (Lipinski definition) is 10. The maximum absolute atomic E-state index is 16.0. The molecule has 0 radical (unpaired) electrons. The van der Waals surface area contributed by atoms with Gasteiger partial charge < -0.3 is 39.4 Å². The maximum Gasteiger partial charge on any atom is 0.338 e. The number of methoxy groups -OCH3 is 1. The maximum atomic E-state index is 16.0. The number of carbonyl (C=O) groups is 2. The Balaban J connectivity index is 1.82. The number of esters is 1. The van der Waals surface area contributed by atoms with Gasteiger partial charge in [0.1, 0.15) is 11.6 Å². The number of nitrogens with two attached hydrogens (primary N) is 1. The monoisotopic (exact) mass is 636 g/mol. The molecule has 1 amide bonds. The van der Waals surface area contributed by atoms with E-state index in [1.807, 2.05) is 0 Å². The Labute approximate surface area is 262 Å². The van der Waals surface area contributed by atoms with Crippen molar-refractivity contribution < 1.29 is 47.2 Å². The number of nitrogen functional groups attached to an aromatic ring is 1. The number of pyridine rings is 1. The van der Waals surface area contributed by atoms with E-state index in [2.05, 4.69) is 4.98 Å². The van der Waals surface area contributed by atoms with Gasteiger partial charge in [0.15, 0.2) is 23.0 Å². The molecule has 4 N–H and O–H groups in total. The van der Waals surface area contributed by atoms with Crippen LogP contribution >= 0.6 is 0 Å². The number of hydrogen-bond donors (Lipinski definition) is 3. The number of phenolic OH excluding ortho intramolecular Hbond substituents is 1. The molecule has 4 aromatic rings. The van der Waals surface area contributed by atoms with Crippen molar-refractivity contribution in [2.75, 3.05) is 21.2 Å².